The van der Waals surface area contributed by atoms with Crippen LogP contribution in [0.15, 0.2) is 48.5 Å². The maximum Gasteiger partial charge on any atom is 0.326 e. The Bertz CT molecular complexity index is 1000. The second-order valence-corrected chi connectivity index (χ2v) is 6.82. The van der Waals surface area contributed by atoms with Crippen molar-refractivity contribution >= 4 is 22.6 Å². The minimum Gasteiger partial charge on any atom is -0.480 e. The molecule has 0 amide bonds. The lowest BCUT2D eigenvalue weighted by atomic mass is 10.1. The summed E-state index contributed by atoms with van der Waals surface area (Å²) in [6.07, 6.45) is 1.37. The van der Waals surface area contributed by atoms with Gasteiger partial charge in [0.2, 0.25) is 0 Å². The van der Waals surface area contributed by atoms with Crippen LogP contribution in [0.4, 0.5) is 5.69 Å². The zero-order valence-electron chi connectivity index (χ0n) is 15.5. The fraction of sp³-hybridized carbons (Fsp3) is 0.273. The number of carboxylic acids is 1. The van der Waals surface area contributed by atoms with Crippen molar-refractivity contribution in [3.63, 3.8) is 0 Å². The molecule has 1 aromatic heterocycles. The van der Waals surface area contributed by atoms with Crippen molar-refractivity contribution in [2.24, 2.45) is 0 Å². The molecular weight excluding hydrogens is 340 g/mol. The van der Waals surface area contributed by atoms with E-state index < -0.39 is 12.0 Å². The van der Waals surface area contributed by atoms with E-state index in [0.717, 1.165) is 45.8 Å². The van der Waals surface area contributed by atoms with Gasteiger partial charge in [-0.3, -0.25) is 4.98 Å². The van der Waals surface area contributed by atoms with Crippen LogP contribution in [0, 0.1) is 6.92 Å². The molecule has 27 heavy (non-hydrogen) atoms. The largest absolute Gasteiger partial charge is 0.480 e. The molecule has 1 aliphatic rings. The quantitative estimate of drug-likeness (QED) is 0.721. The summed E-state index contributed by atoms with van der Waals surface area (Å²) in [5, 5.41) is 10.6. The lowest BCUT2D eigenvalue weighted by Gasteiger charge is -2.27. The van der Waals surface area contributed by atoms with Crippen molar-refractivity contribution < 1.29 is 14.6 Å². The van der Waals surface area contributed by atoms with Gasteiger partial charge in [-0.25, -0.2) is 4.79 Å². The number of para-hydroxylation sites is 1. The summed E-state index contributed by atoms with van der Waals surface area (Å²) in [6, 6.07) is 14.9. The van der Waals surface area contributed by atoms with Crippen LogP contribution < -0.4 is 9.64 Å². The van der Waals surface area contributed by atoms with E-state index in [1.807, 2.05) is 67.3 Å². The smallest absolute Gasteiger partial charge is 0.326 e. The van der Waals surface area contributed by atoms with E-state index in [1.54, 1.807) is 0 Å². The Hall–Kier alpha value is -3.08. The summed E-state index contributed by atoms with van der Waals surface area (Å²) < 4.78 is 5.98. The lowest BCUT2D eigenvalue weighted by molar-refractivity contribution is -0.138. The van der Waals surface area contributed by atoms with Gasteiger partial charge in [0.15, 0.2) is 0 Å². The van der Waals surface area contributed by atoms with E-state index in [-0.39, 0.29) is 0 Å². The number of nitrogens with zero attached hydrogens (tertiary/aromatic N) is 2. The third-order valence-corrected chi connectivity index (χ3v) is 5.15. The molecule has 138 valence electrons. The number of aromatic nitrogens is 1. The minimum atomic E-state index is -0.787. The number of hydrogen-bond donors (Lipinski definition) is 1. The molecule has 0 saturated carbocycles. The summed E-state index contributed by atoms with van der Waals surface area (Å²) in [7, 11) is 0. The zero-order valence-corrected chi connectivity index (χ0v) is 15.5. The van der Waals surface area contributed by atoms with Gasteiger partial charge in [0.05, 0.1) is 11.2 Å². The average molecular weight is 362 g/mol. The normalized spacial score (nSPS) is 14.2. The van der Waals surface area contributed by atoms with E-state index >= 15 is 0 Å². The summed E-state index contributed by atoms with van der Waals surface area (Å²) in [5.74, 6) is 0.698. The molecule has 0 saturated heterocycles. The first kappa shape index (κ1) is 17.3. The van der Waals surface area contributed by atoms with Gasteiger partial charge in [-0.1, -0.05) is 25.1 Å². The third kappa shape index (κ3) is 3.10. The number of rotatable bonds is 5. The van der Waals surface area contributed by atoms with Gasteiger partial charge in [-0.05, 0) is 55.7 Å². The first-order chi connectivity index (χ1) is 13.1. The maximum absolute atomic E-state index is 11.8. The number of benzene rings is 2. The van der Waals surface area contributed by atoms with Crippen LogP contribution >= 0.6 is 0 Å². The SMILES string of the molecule is CCC(C(=O)O)N1CCc2c(C)nc3ccc(Oc4ccccc4)cc3c21. The highest BCUT2D eigenvalue weighted by Gasteiger charge is 2.32. The molecule has 2 heterocycles. The van der Waals surface area contributed by atoms with Gasteiger partial charge in [0, 0.05) is 17.6 Å². The van der Waals surface area contributed by atoms with Crippen molar-refractivity contribution in [1.29, 1.82) is 0 Å². The van der Waals surface area contributed by atoms with Crippen LogP contribution in [-0.2, 0) is 11.2 Å². The monoisotopic (exact) mass is 362 g/mol. The number of aliphatic carboxylic acids is 1. The predicted octanol–water partition coefficient (Wildman–Crippen LogP) is 4.56. The third-order valence-electron chi connectivity index (χ3n) is 5.15. The molecule has 1 N–H and O–H groups in total. The first-order valence-electron chi connectivity index (χ1n) is 9.24. The summed E-state index contributed by atoms with van der Waals surface area (Å²) in [4.78, 5) is 18.5. The van der Waals surface area contributed by atoms with Crippen LogP contribution in [0.25, 0.3) is 10.9 Å². The molecule has 3 aromatic rings. The number of anilines is 1. The topological polar surface area (TPSA) is 62.7 Å². The maximum atomic E-state index is 11.8. The minimum absolute atomic E-state index is 0.532. The number of aryl methyl sites for hydroxylation is 1. The Morgan fingerprint density at radius 1 is 1.22 bits per heavy atom. The van der Waals surface area contributed by atoms with Gasteiger partial charge >= 0.3 is 5.97 Å². The molecule has 4 rings (SSSR count). The van der Waals surface area contributed by atoms with E-state index in [2.05, 4.69) is 0 Å². The summed E-state index contributed by atoms with van der Waals surface area (Å²) in [6.45, 7) is 4.61. The Morgan fingerprint density at radius 2 is 2.00 bits per heavy atom. The average Bonchev–Trinajstić information content (AvgIpc) is 3.09. The van der Waals surface area contributed by atoms with Crippen LogP contribution in [0.3, 0.4) is 0 Å². The number of carbonyl (C=O) groups is 1. The number of fused-ring (bicyclic) bond motifs is 3. The highest BCUT2D eigenvalue weighted by Crippen LogP contribution is 2.40. The van der Waals surface area contributed by atoms with E-state index in [0.29, 0.717) is 13.0 Å². The van der Waals surface area contributed by atoms with E-state index in [1.165, 1.54) is 0 Å². The number of ether oxygens (including phenoxy) is 1. The van der Waals surface area contributed by atoms with Crippen LogP contribution in [0.1, 0.15) is 24.6 Å². The number of carboxylic acid groups (broad SMARTS) is 1. The fourth-order valence-corrected chi connectivity index (χ4v) is 3.88. The van der Waals surface area contributed by atoms with Gasteiger partial charge < -0.3 is 14.7 Å². The second-order valence-electron chi connectivity index (χ2n) is 6.82. The van der Waals surface area contributed by atoms with Crippen molar-refractivity contribution in [1.82, 2.24) is 4.98 Å². The van der Waals surface area contributed by atoms with Crippen LogP contribution in [0.2, 0.25) is 0 Å². The molecule has 1 unspecified atom stereocenters. The van der Waals surface area contributed by atoms with Gasteiger partial charge in [-0.15, -0.1) is 0 Å². The van der Waals surface area contributed by atoms with Crippen molar-refractivity contribution in [3.8, 4) is 11.5 Å². The summed E-state index contributed by atoms with van der Waals surface area (Å²) >= 11 is 0. The molecule has 0 spiro atoms. The zero-order chi connectivity index (χ0) is 19.0. The number of pyridine rings is 1. The molecule has 0 aliphatic carbocycles. The van der Waals surface area contributed by atoms with E-state index in [9.17, 15) is 9.90 Å². The Kier molecular flexibility index (Phi) is 4.44. The van der Waals surface area contributed by atoms with Crippen LogP contribution in [-0.4, -0.2) is 28.6 Å². The molecule has 5 heteroatoms. The van der Waals surface area contributed by atoms with Gasteiger partial charge in [-0.2, -0.15) is 0 Å². The molecule has 2 aromatic carbocycles. The summed E-state index contributed by atoms with van der Waals surface area (Å²) in [5.41, 5.74) is 3.96. The molecule has 0 bridgehead atoms. The van der Waals surface area contributed by atoms with Crippen molar-refractivity contribution in [2.75, 3.05) is 11.4 Å². The van der Waals surface area contributed by atoms with Gasteiger partial charge in [0.1, 0.15) is 17.5 Å². The van der Waals surface area contributed by atoms with Crippen molar-refractivity contribution in [2.45, 2.75) is 32.7 Å². The second kappa shape index (κ2) is 6.91. The van der Waals surface area contributed by atoms with Crippen LogP contribution in [0.5, 0.6) is 11.5 Å². The van der Waals surface area contributed by atoms with Crippen molar-refractivity contribution in [3.05, 3.63) is 59.8 Å². The molecule has 0 fully saturated rings. The lowest BCUT2D eigenvalue weighted by Crippen LogP contribution is -2.39. The molecule has 1 aliphatic heterocycles. The van der Waals surface area contributed by atoms with Gasteiger partial charge in [0.25, 0.3) is 0 Å². The first-order valence-corrected chi connectivity index (χ1v) is 9.24. The molecule has 0 radical (unpaired) electrons. The Morgan fingerprint density at radius 3 is 2.70 bits per heavy atom. The highest BCUT2D eigenvalue weighted by atomic mass is 16.5. The number of hydrogen-bond acceptors (Lipinski definition) is 4. The molecule has 1 atom stereocenters. The molecular formula is C22H22N2O3. The molecule has 5 nitrogen and oxygen atoms in total. The highest BCUT2D eigenvalue weighted by molar-refractivity contribution is 5.97. The predicted molar refractivity (Wildman–Crippen MR) is 106 cm³/mol. The standard InChI is InChI=1S/C22H22N2O3/c1-3-20(22(25)26)24-12-11-17-14(2)23-19-10-9-16(13-18(19)21(17)24)27-15-7-5-4-6-8-15/h4-10,13,20H,3,11-12H2,1-2H3,(H,25,26). The Balaban J connectivity index is 1.83. The Labute approximate surface area is 158 Å². The fourth-order valence-electron chi connectivity index (χ4n) is 3.88. The van der Waals surface area contributed by atoms with E-state index in [4.69, 9.17) is 9.72 Å².